The SMILES string of the molecule is CCOc1ccc(C(C)=O)cc1COC(=O)c1cc(Cl)c(N)cc1OC. The Morgan fingerprint density at radius 1 is 1.15 bits per heavy atom. The van der Waals surface area contributed by atoms with Gasteiger partial charge >= 0.3 is 5.97 Å². The van der Waals surface area contributed by atoms with Crippen LogP contribution in [0.2, 0.25) is 5.02 Å². The van der Waals surface area contributed by atoms with Crippen molar-refractivity contribution in [1.29, 1.82) is 0 Å². The number of halogens is 1. The zero-order valence-corrected chi connectivity index (χ0v) is 15.6. The number of esters is 1. The van der Waals surface area contributed by atoms with Gasteiger partial charge in [0, 0.05) is 17.2 Å². The number of benzene rings is 2. The van der Waals surface area contributed by atoms with Gasteiger partial charge in [-0.25, -0.2) is 4.79 Å². The van der Waals surface area contributed by atoms with Crippen LogP contribution in [0.15, 0.2) is 30.3 Å². The van der Waals surface area contributed by atoms with Gasteiger partial charge in [0.1, 0.15) is 23.7 Å². The van der Waals surface area contributed by atoms with E-state index in [1.165, 1.54) is 26.2 Å². The molecule has 0 amide bonds. The van der Waals surface area contributed by atoms with E-state index in [0.717, 1.165) is 0 Å². The third-order valence-corrected chi connectivity index (χ3v) is 3.99. The fourth-order valence-electron chi connectivity index (χ4n) is 2.33. The molecule has 0 heterocycles. The van der Waals surface area contributed by atoms with Crippen LogP contribution in [0, 0.1) is 0 Å². The van der Waals surface area contributed by atoms with Crippen molar-refractivity contribution < 1.29 is 23.8 Å². The van der Waals surface area contributed by atoms with Crippen LogP contribution in [-0.2, 0) is 11.3 Å². The molecule has 0 aromatic heterocycles. The maximum Gasteiger partial charge on any atom is 0.342 e. The van der Waals surface area contributed by atoms with Crippen LogP contribution < -0.4 is 15.2 Å². The molecule has 0 bridgehead atoms. The van der Waals surface area contributed by atoms with Crippen molar-refractivity contribution in [2.45, 2.75) is 20.5 Å². The summed E-state index contributed by atoms with van der Waals surface area (Å²) in [5, 5.41) is 0.228. The van der Waals surface area contributed by atoms with Crippen molar-refractivity contribution in [2.75, 3.05) is 19.5 Å². The first kappa shape index (κ1) is 19.6. The molecule has 0 radical (unpaired) electrons. The molecule has 2 N–H and O–H groups in total. The van der Waals surface area contributed by atoms with Crippen LogP contribution in [0.1, 0.15) is 40.1 Å². The van der Waals surface area contributed by atoms with E-state index in [1.807, 2.05) is 6.92 Å². The molecule has 0 aliphatic rings. The number of methoxy groups -OCH3 is 1. The van der Waals surface area contributed by atoms with E-state index in [9.17, 15) is 9.59 Å². The van der Waals surface area contributed by atoms with Crippen molar-refractivity contribution in [1.82, 2.24) is 0 Å². The molecular formula is C19H20ClNO5. The van der Waals surface area contributed by atoms with Gasteiger partial charge < -0.3 is 19.9 Å². The highest BCUT2D eigenvalue weighted by Crippen LogP contribution is 2.30. The van der Waals surface area contributed by atoms with Gasteiger partial charge in [0.2, 0.25) is 0 Å². The summed E-state index contributed by atoms with van der Waals surface area (Å²) in [5.41, 5.74) is 7.27. The molecule has 2 aromatic carbocycles. The van der Waals surface area contributed by atoms with Gasteiger partial charge in [0.25, 0.3) is 0 Å². The highest BCUT2D eigenvalue weighted by Gasteiger charge is 2.18. The Labute approximate surface area is 156 Å². The second-order valence-corrected chi connectivity index (χ2v) is 5.87. The second-order valence-electron chi connectivity index (χ2n) is 5.46. The van der Waals surface area contributed by atoms with Gasteiger partial charge in [0.15, 0.2) is 5.78 Å². The zero-order chi connectivity index (χ0) is 19.3. The molecule has 7 heteroatoms. The van der Waals surface area contributed by atoms with Crippen LogP contribution >= 0.6 is 11.6 Å². The number of nitrogens with two attached hydrogens (primary N) is 1. The molecule has 138 valence electrons. The lowest BCUT2D eigenvalue weighted by atomic mass is 10.1. The summed E-state index contributed by atoms with van der Waals surface area (Å²) in [5.74, 6) is 0.0964. The maximum atomic E-state index is 12.4. The summed E-state index contributed by atoms with van der Waals surface area (Å²) in [7, 11) is 1.42. The fourth-order valence-corrected chi connectivity index (χ4v) is 2.49. The Balaban J connectivity index is 2.25. The largest absolute Gasteiger partial charge is 0.496 e. The van der Waals surface area contributed by atoms with Crippen molar-refractivity contribution in [2.24, 2.45) is 0 Å². The molecule has 0 aliphatic heterocycles. The predicted molar refractivity (Wildman–Crippen MR) is 99.2 cm³/mol. The van der Waals surface area contributed by atoms with Crippen molar-refractivity contribution in [3.8, 4) is 11.5 Å². The number of carbonyl (C=O) groups is 2. The molecular weight excluding hydrogens is 358 g/mol. The Hall–Kier alpha value is -2.73. The molecule has 0 unspecified atom stereocenters. The van der Waals surface area contributed by atoms with Gasteiger partial charge in [-0.1, -0.05) is 11.6 Å². The van der Waals surface area contributed by atoms with E-state index in [2.05, 4.69) is 0 Å². The number of anilines is 1. The molecule has 0 saturated heterocycles. The lowest BCUT2D eigenvalue weighted by molar-refractivity contribution is 0.0466. The standard InChI is InChI=1S/C19H20ClNO5/c1-4-25-17-6-5-12(11(2)22)7-13(17)10-26-19(23)14-8-15(20)16(21)9-18(14)24-3/h5-9H,4,10,21H2,1-3H3. The lowest BCUT2D eigenvalue weighted by Gasteiger charge is -2.13. The second kappa shape index (κ2) is 8.58. The molecule has 2 rings (SSSR count). The maximum absolute atomic E-state index is 12.4. The number of hydrogen-bond donors (Lipinski definition) is 1. The topological polar surface area (TPSA) is 87.9 Å². The average molecular weight is 378 g/mol. The molecule has 26 heavy (non-hydrogen) atoms. The first-order valence-corrected chi connectivity index (χ1v) is 8.32. The van der Waals surface area contributed by atoms with Gasteiger partial charge in [-0.2, -0.15) is 0 Å². The third kappa shape index (κ3) is 4.46. The van der Waals surface area contributed by atoms with Gasteiger partial charge in [-0.15, -0.1) is 0 Å². The summed E-state index contributed by atoms with van der Waals surface area (Å²) >= 11 is 5.98. The van der Waals surface area contributed by atoms with Crippen molar-refractivity contribution in [3.05, 3.63) is 52.0 Å². The monoisotopic (exact) mass is 377 g/mol. The minimum absolute atomic E-state index is 0.0690. The van der Waals surface area contributed by atoms with Crippen LogP contribution in [0.4, 0.5) is 5.69 Å². The molecule has 2 aromatic rings. The fraction of sp³-hybridized carbons (Fsp3) is 0.263. The molecule has 0 atom stereocenters. The molecule has 6 nitrogen and oxygen atoms in total. The number of ketones is 1. The van der Waals surface area contributed by atoms with E-state index >= 15 is 0 Å². The highest BCUT2D eigenvalue weighted by molar-refractivity contribution is 6.33. The van der Waals surface area contributed by atoms with Crippen molar-refractivity contribution >= 4 is 29.0 Å². The number of ether oxygens (including phenoxy) is 3. The summed E-state index contributed by atoms with van der Waals surface area (Å²) < 4.78 is 16.0. The Kier molecular flexibility index (Phi) is 6.46. The van der Waals surface area contributed by atoms with E-state index in [4.69, 9.17) is 31.5 Å². The smallest absolute Gasteiger partial charge is 0.342 e. The van der Waals surface area contributed by atoms with Gasteiger partial charge in [-0.05, 0) is 38.1 Å². The lowest BCUT2D eigenvalue weighted by Crippen LogP contribution is -2.09. The molecule has 0 aliphatic carbocycles. The molecule has 0 fully saturated rings. The molecule has 0 spiro atoms. The molecule has 0 saturated carbocycles. The number of rotatable bonds is 7. The predicted octanol–water partition coefficient (Wildman–Crippen LogP) is 3.89. The number of Topliss-reactive ketones (excluding diaryl/α,β-unsaturated/α-hetero) is 1. The normalized spacial score (nSPS) is 10.3. The van der Waals surface area contributed by atoms with Gasteiger partial charge in [0.05, 0.1) is 24.4 Å². The average Bonchev–Trinajstić information content (AvgIpc) is 2.62. The minimum Gasteiger partial charge on any atom is -0.496 e. The van der Waals surface area contributed by atoms with E-state index in [0.29, 0.717) is 29.2 Å². The number of carbonyl (C=O) groups excluding carboxylic acids is 2. The van der Waals surface area contributed by atoms with Gasteiger partial charge in [-0.3, -0.25) is 4.79 Å². The Morgan fingerprint density at radius 3 is 2.50 bits per heavy atom. The Bertz CT molecular complexity index is 835. The summed E-state index contributed by atoms with van der Waals surface area (Å²) in [6.07, 6.45) is 0. The summed E-state index contributed by atoms with van der Waals surface area (Å²) in [6.45, 7) is 3.69. The first-order chi connectivity index (χ1) is 12.4. The number of nitrogen functional groups attached to an aromatic ring is 1. The van der Waals surface area contributed by atoms with Crippen LogP contribution in [0.25, 0.3) is 0 Å². The van der Waals surface area contributed by atoms with Crippen LogP contribution in [0.3, 0.4) is 0 Å². The summed E-state index contributed by atoms with van der Waals surface area (Å²) in [6, 6.07) is 7.85. The number of hydrogen-bond acceptors (Lipinski definition) is 6. The van der Waals surface area contributed by atoms with E-state index in [-0.39, 0.29) is 28.7 Å². The highest BCUT2D eigenvalue weighted by atomic mass is 35.5. The Morgan fingerprint density at radius 2 is 1.88 bits per heavy atom. The van der Waals surface area contributed by atoms with Crippen molar-refractivity contribution in [3.63, 3.8) is 0 Å². The van der Waals surface area contributed by atoms with Crippen LogP contribution in [-0.4, -0.2) is 25.5 Å². The summed E-state index contributed by atoms with van der Waals surface area (Å²) in [4.78, 5) is 24.0. The minimum atomic E-state index is -0.626. The first-order valence-electron chi connectivity index (χ1n) is 7.94. The zero-order valence-electron chi connectivity index (χ0n) is 14.8. The van der Waals surface area contributed by atoms with E-state index in [1.54, 1.807) is 18.2 Å². The van der Waals surface area contributed by atoms with E-state index < -0.39 is 5.97 Å². The van der Waals surface area contributed by atoms with Crippen LogP contribution in [0.5, 0.6) is 11.5 Å². The third-order valence-electron chi connectivity index (χ3n) is 3.66. The quantitative estimate of drug-likeness (QED) is 0.447.